The second kappa shape index (κ2) is 10.9. The molecule has 0 saturated carbocycles. The molecule has 5 nitrogen and oxygen atoms in total. The van der Waals surface area contributed by atoms with E-state index < -0.39 is 5.41 Å². The fourth-order valence-electron chi connectivity index (χ4n) is 9.11. The third-order valence-electron chi connectivity index (χ3n) is 11.2. The fraction of sp³-hybridized carbons (Fsp3) is 0.0204. The van der Waals surface area contributed by atoms with Gasteiger partial charge < -0.3 is 14.1 Å². The number of benzene rings is 7. The highest BCUT2D eigenvalue weighted by Gasteiger charge is 2.61. The van der Waals surface area contributed by atoms with Crippen LogP contribution in [0.2, 0.25) is 0 Å². The fourth-order valence-corrected chi connectivity index (χ4v) is 9.11. The van der Waals surface area contributed by atoms with E-state index in [9.17, 15) is 0 Å². The molecule has 1 unspecified atom stereocenters. The lowest BCUT2D eigenvalue weighted by Gasteiger charge is -2.37. The van der Waals surface area contributed by atoms with Crippen LogP contribution in [0, 0.1) is 0 Å². The van der Waals surface area contributed by atoms with Crippen LogP contribution in [-0.2, 0) is 5.41 Å². The number of anilines is 2. The predicted molar refractivity (Wildman–Crippen MR) is 215 cm³/mol. The van der Waals surface area contributed by atoms with Gasteiger partial charge in [-0.15, -0.1) is 0 Å². The average Bonchev–Trinajstić information content (AvgIpc) is 3.86. The summed E-state index contributed by atoms with van der Waals surface area (Å²) in [5.41, 5.74) is 12.0. The molecule has 0 N–H and O–H groups in total. The van der Waals surface area contributed by atoms with Gasteiger partial charge in [0.25, 0.3) is 0 Å². The number of aromatic nitrogens is 2. The molecule has 5 heteroatoms. The Balaban J connectivity index is 1.24. The minimum Gasteiger partial charge on any atom is -0.459 e. The summed E-state index contributed by atoms with van der Waals surface area (Å²) in [6.45, 7) is 0. The molecule has 12 rings (SSSR count). The molecule has 3 aliphatic rings. The Morgan fingerprint density at radius 2 is 1.22 bits per heavy atom. The molecule has 2 aliphatic carbocycles. The van der Waals surface area contributed by atoms with Crippen LogP contribution in [0.15, 0.2) is 186 Å². The summed E-state index contributed by atoms with van der Waals surface area (Å²) in [6.07, 6.45) is 0. The second-order valence-corrected chi connectivity index (χ2v) is 14.0. The molecule has 9 aromatic rings. The first-order valence-corrected chi connectivity index (χ1v) is 18.3. The number of nitrogens with zero attached hydrogens (tertiary/aromatic N) is 3. The van der Waals surface area contributed by atoms with Crippen LogP contribution in [-0.4, -0.2) is 9.97 Å². The first kappa shape index (κ1) is 29.3. The van der Waals surface area contributed by atoms with Gasteiger partial charge in [0.2, 0.25) is 0 Å². The first-order valence-electron chi connectivity index (χ1n) is 18.3. The van der Waals surface area contributed by atoms with Crippen molar-refractivity contribution < 1.29 is 9.15 Å². The SMILES string of the molecule is c1ccc(-c2nc(-c3cccc4c3C3(C5=C(c6c3oc3ccccc63)N(c3ccccc3)c3ccccc3O5)c3ccccc3-4)nc3ccccc23)cc1. The minimum atomic E-state index is -0.964. The Morgan fingerprint density at radius 1 is 0.537 bits per heavy atom. The summed E-state index contributed by atoms with van der Waals surface area (Å²) in [5, 5.41) is 2.05. The molecule has 1 atom stereocenters. The quantitative estimate of drug-likeness (QED) is 0.185. The van der Waals surface area contributed by atoms with Crippen molar-refractivity contribution in [3.05, 3.63) is 204 Å². The second-order valence-electron chi connectivity index (χ2n) is 14.0. The highest BCUT2D eigenvalue weighted by atomic mass is 16.5. The van der Waals surface area contributed by atoms with Crippen molar-refractivity contribution in [1.82, 2.24) is 9.97 Å². The van der Waals surface area contributed by atoms with E-state index >= 15 is 0 Å². The van der Waals surface area contributed by atoms with E-state index in [1.165, 1.54) is 0 Å². The maximum atomic E-state index is 7.34. The summed E-state index contributed by atoms with van der Waals surface area (Å²) in [5.74, 6) is 3.09. The van der Waals surface area contributed by atoms with Crippen LogP contribution in [0.1, 0.15) is 22.5 Å². The number of fused-ring (bicyclic) bond motifs is 13. The van der Waals surface area contributed by atoms with Gasteiger partial charge in [-0.05, 0) is 58.7 Å². The maximum Gasteiger partial charge on any atom is 0.160 e. The Hall–Kier alpha value is -7.24. The number of ether oxygens (including phenoxy) is 1. The van der Waals surface area contributed by atoms with E-state index in [2.05, 4.69) is 157 Å². The number of hydrogen-bond donors (Lipinski definition) is 0. The van der Waals surface area contributed by atoms with E-state index in [0.29, 0.717) is 5.82 Å². The summed E-state index contributed by atoms with van der Waals surface area (Å²) >= 11 is 0. The van der Waals surface area contributed by atoms with Crippen molar-refractivity contribution in [3.8, 4) is 39.5 Å². The van der Waals surface area contributed by atoms with Crippen molar-refractivity contribution in [2.45, 2.75) is 5.41 Å². The number of hydrogen-bond acceptors (Lipinski definition) is 5. The van der Waals surface area contributed by atoms with E-state index in [4.69, 9.17) is 19.1 Å². The number of rotatable bonds is 3. The van der Waals surface area contributed by atoms with Gasteiger partial charge in [-0.25, -0.2) is 9.97 Å². The smallest absolute Gasteiger partial charge is 0.160 e. The van der Waals surface area contributed by atoms with E-state index in [-0.39, 0.29) is 0 Å². The lowest BCUT2D eigenvalue weighted by Crippen LogP contribution is -2.33. The van der Waals surface area contributed by atoms with Crippen LogP contribution in [0.4, 0.5) is 11.4 Å². The topological polar surface area (TPSA) is 51.4 Å². The largest absolute Gasteiger partial charge is 0.459 e. The first-order chi connectivity index (χ1) is 26.8. The van der Waals surface area contributed by atoms with Crippen LogP contribution in [0.3, 0.4) is 0 Å². The molecule has 7 aromatic carbocycles. The van der Waals surface area contributed by atoms with Gasteiger partial charge in [0.05, 0.1) is 28.2 Å². The average molecular weight is 692 g/mol. The van der Waals surface area contributed by atoms with E-state index in [0.717, 1.165) is 101 Å². The molecule has 1 spiro atoms. The van der Waals surface area contributed by atoms with Gasteiger partial charge in [-0.1, -0.05) is 140 Å². The Kier molecular flexibility index (Phi) is 5.92. The van der Waals surface area contributed by atoms with Gasteiger partial charge in [-0.2, -0.15) is 0 Å². The van der Waals surface area contributed by atoms with Crippen molar-refractivity contribution in [2.75, 3.05) is 4.90 Å². The molecular formula is C49H29N3O2. The lowest BCUT2D eigenvalue weighted by molar-refractivity contribution is 0.347. The standard InChI is InChI=1S/C49H29N3O2/c1-3-16-30(17-4-1)44-34-21-8-11-26-38(34)50-48(51-44)36-24-15-23-33-32-20-7-10-25-37(32)49(43(33)36)46-42(35-22-9-13-28-40(35)53-46)45-47(49)54-41-29-14-12-27-39(41)52(45)31-18-5-2-6-19-31/h1-29H. The number of allylic oxidation sites excluding steroid dienone is 1. The molecule has 3 heterocycles. The lowest BCUT2D eigenvalue weighted by atomic mass is 9.74. The molecule has 0 bridgehead atoms. The van der Waals surface area contributed by atoms with Crippen molar-refractivity contribution >= 4 is 38.9 Å². The Bertz CT molecular complexity index is 3040. The van der Waals surface area contributed by atoms with Crippen molar-refractivity contribution in [3.63, 3.8) is 0 Å². The van der Waals surface area contributed by atoms with Crippen molar-refractivity contribution in [2.24, 2.45) is 0 Å². The Labute approximate surface area is 311 Å². The van der Waals surface area contributed by atoms with Gasteiger partial charge >= 0.3 is 0 Å². The Morgan fingerprint density at radius 3 is 2.11 bits per heavy atom. The van der Waals surface area contributed by atoms with Gasteiger partial charge in [0, 0.05) is 27.6 Å². The third kappa shape index (κ3) is 3.77. The van der Waals surface area contributed by atoms with Gasteiger partial charge in [-0.3, -0.25) is 0 Å². The molecule has 0 fully saturated rings. The summed E-state index contributed by atoms with van der Waals surface area (Å²) in [7, 11) is 0. The maximum absolute atomic E-state index is 7.34. The van der Waals surface area contributed by atoms with Crippen LogP contribution < -0.4 is 9.64 Å². The molecule has 252 valence electrons. The molecule has 2 aromatic heterocycles. The highest BCUT2D eigenvalue weighted by molar-refractivity contribution is 6.09. The van der Waals surface area contributed by atoms with Gasteiger partial charge in [0.15, 0.2) is 17.3 Å². The molecule has 0 radical (unpaired) electrons. The zero-order valence-corrected chi connectivity index (χ0v) is 28.9. The molecular weight excluding hydrogens is 663 g/mol. The summed E-state index contributed by atoms with van der Waals surface area (Å²) in [4.78, 5) is 13.1. The minimum absolute atomic E-state index is 0.652. The molecule has 54 heavy (non-hydrogen) atoms. The summed E-state index contributed by atoms with van der Waals surface area (Å²) in [6, 6.07) is 61.1. The van der Waals surface area contributed by atoms with Gasteiger partial charge in [0.1, 0.15) is 16.8 Å². The van der Waals surface area contributed by atoms with E-state index in [1.54, 1.807) is 0 Å². The summed E-state index contributed by atoms with van der Waals surface area (Å²) < 4.78 is 14.5. The molecule has 0 amide bonds. The highest BCUT2D eigenvalue weighted by Crippen LogP contribution is 2.67. The monoisotopic (exact) mass is 691 g/mol. The predicted octanol–water partition coefficient (Wildman–Crippen LogP) is 11.9. The van der Waals surface area contributed by atoms with Crippen LogP contribution in [0.5, 0.6) is 5.75 Å². The van der Waals surface area contributed by atoms with E-state index in [1.807, 2.05) is 24.3 Å². The van der Waals surface area contributed by atoms with Crippen molar-refractivity contribution in [1.29, 1.82) is 0 Å². The zero-order chi connectivity index (χ0) is 35.4. The third-order valence-corrected chi connectivity index (χ3v) is 11.2. The number of furan rings is 1. The van der Waals surface area contributed by atoms with Crippen LogP contribution >= 0.6 is 0 Å². The molecule has 1 aliphatic heterocycles. The molecule has 0 saturated heterocycles. The number of para-hydroxylation sites is 5. The van der Waals surface area contributed by atoms with Crippen LogP contribution in [0.25, 0.3) is 61.3 Å². The normalized spacial score (nSPS) is 16.3. The zero-order valence-electron chi connectivity index (χ0n) is 28.9.